The van der Waals surface area contributed by atoms with Crippen molar-refractivity contribution in [2.45, 2.75) is 186 Å². The Hall–Kier alpha value is -2.26. The van der Waals surface area contributed by atoms with E-state index in [9.17, 15) is 14.7 Å². The molecule has 2 aliphatic rings. The summed E-state index contributed by atoms with van der Waals surface area (Å²) in [5.41, 5.74) is 0. The molecule has 0 radical (unpaired) electrons. The highest BCUT2D eigenvalue weighted by Crippen LogP contribution is 2.28. The van der Waals surface area contributed by atoms with Gasteiger partial charge in [-0.15, -0.1) is 0 Å². The number of allylic oxidation sites excluding steroid dienone is 8. The molecule has 1 amide bonds. The van der Waals surface area contributed by atoms with Crippen LogP contribution in [0.2, 0.25) is 0 Å². The lowest BCUT2D eigenvalue weighted by Gasteiger charge is -2.36. The van der Waals surface area contributed by atoms with E-state index < -0.39 is 0 Å². The van der Waals surface area contributed by atoms with Gasteiger partial charge in [0, 0.05) is 26.1 Å². The summed E-state index contributed by atoms with van der Waals surface area (Å²) in [5.74, 6) is -0.230. The van der Waals surface area contributed by atoms with Gasteiger partial charge in [0.25, 0.3) is 0 Å². The first-order valence-corrected chi connectivity index (χ1v) is 22.2. The van der Waals surface area contributed by atoms with Crippen LogP contribution in [0, 0.1) is 0 Å². The molecule has 0 bridgehead atoms. The Morgan fingerprint density at radius 1 is 0.667 bits per heavy atom. The molecule has 54 heavy (non-hydrogen) atoms. The Bertz CT molecular complexity index is 1040. The van der Waals surface area contributed by atoms with Crippen molar-refractivity contribution >= 4 is 11.9 Å². The summed E-state index contributed by atoms with van der Waals surface area (Å²) in [6.07, 6.45) is 45.5. The number of likely N-dealkylation sites (tertiary alicyclic amines) is 1. The maximum atomic E-state index is 13.0. The van der Waals surface area contributed by atoms with Crippen LogP contribution < -0.4 is 0 Å². The van der Waals surface area contributed by atoms with Gasteiger partial charge in [-0.05, 0) is 77.0 Å². The number of unbranched alkanes of at least 4 members (excludes halogenated alkanes) is 16. The van der Waals surface area contributed by atoms with Crippen molar-refractivity contribution in [2.75, 3.05) is 45.9 Å². The van der Waals surface area contributed by atoms with Gasteiger partial charge in [-0.3, -0.25) is 14.5 Å². The van der Waals surface area contributed by atoms with Gasteiger partial charge in [0.2, 0.25) is 5.91 Å². The monoisotopic (exact) mass is 757 g/mol. The second-order valence-corrected chi connectivity index (χ2v) is 15.4. The smallest absolute Gasteiger partial charge is 0.305 e. The summed E-state index contributed by atoms with van der Waals surface area (Å²) in [5, 5.41) is 9.63. The quantitative estimate of drug-likeness (QED) is 0.0292. The van der Waals surface area contributed by atoms with E-state index in [-0.39, 0.29) is 43.5 Å². The van der Waals surface area contributed by atoms with Gasteiger partial charge in [-0.25, -0.2) is 0 Å². The van der Waals surface area contributed by atoms with Crippen LogP contribution in [-0.4, -0.2) is 91.2 Å². The molecule has 2 heterocycles. The fourth-order valence-electron chi connectivity index (χ4n) is 6.66. The number of rotatable bonds is 37. The van der Waals surface area contributed by atoms with Crippen molar-refractivity contribution in [3.63, 3.8) is 0 Å². The van der Waals surface area contributed by atoms with E-state index in [1.807, 2.05) is 4.90 Å². The predicted molar refractivity (Wildman–Crippen MR) is 223 cm³/mol. The minimum atomic E-state index is -0.353. The van der Waals surface area contributed by atoms with Gasteiger partial charge in [0.05, 0.1) is 25.8 Å². The van der Waals surface area contributed by atoms with Gasteiger partial charge in [-0.1, -0.05) is 133 Å². The normalized spacial score (nSPS) is 17.8. The summed E-state index contributed by atoms with van der Waals surface area (Å²) in [4.78, 5) is 29.1. The van der Waals surface area contributed by atoms with E-state index >= 15 is 0 Å². The molecular formula is C46H80N2O6. The highest BCUT2D eigenvalue weighted by molar-refractivity contribution is 5.78. The number of hydrogen-bond acceptors (Lipinski definition) is 7. The standard InChI is InChI=1S/C46H80N2O6/c1-3-5-7-9-11-13-15-17-19-21-23-25-27-29-31-33-43-46(54-43)53-38-36-48(44(50)41-47-39-42(49)40-47)35-37-52-45(51)34-32-30-28-26-24-22-20-18-16-14-12-10-8-6-4-2/h11-14,17-20,42-43,46,49H,3-10,15-16,21-41H2,1-2H3/b13-11-,14-12-,19-17-,20-18-. The van der Waals surface area contributed by atoms with Gasteiger partial charge in [0.15, 0.2) is 6.29 Å². The SMILES string of the molecule is CCCCC/C=C\C/C=C\CCCCCCCC(=O)OCCN(CCOC1OC1CCCCCCC/C=C\C/C=C\CCCCC)C(=O)CN1CC(O)C1. The number of carbonyl (C=O) groups is 2. The van der Waals surface area contributed by atoms with Gasteiger partial charge in [-0.2, -0.15) is 0 Å². The van der Waals surface area contributed by atoms with E-state index in [1.54, 1.807) is 4.90 Å². The third kappa shape index (κ3) is 27.3. The molecule has 0 aromatic rings. The zero-order valence-electron chi connectivity index (χ0n) is 34.7. The van der Waals surface area contributed by atoms with Crippen LogP contribution in [0.25, 0.3) is 0 Å². The number of β-amino-alcohol motifs (C(OH)–C–C–N with tert-alkyl or cyclic N) is 1. The van der Waals surface area contributed by atoms with Gasteiger partial charge in [0.1, 0.15) is 12.7 Å². The van der Waals surface area contributed by atoms with Gasteiger partial charge < -0.3 is 24.2 Å². The largest absolute Gasteiger partial charge is 0.464 e. The number of carbonyl (C=O) groups excluding carboxylic acids is 2. The van der Waals surface area contributed by atoms with Crippen LogP contribution in [0.5, 0.6) is 0 Å². The minimum Gasteiger partial charge on any atom is -0.464 e. The second-order valence-electron chi connectivity index (χ2n) is 15.4. The average Bonchev–Trinajstić information content (AvgIpc) is 3.91. The molecule has 2 saturated heterocycles. The summed E-state index contributed by atoms with van der Waals surface area (Å²) < 4.78 is 17.2. The molecule has 2 aliphatic heterocycles. The Balaban J connectivity index is 1.48. The van der Waals surface area contributed by atoms with Gasteiger partial charge >= 0.3 is 5.97 Å². The molecular weight excluding hydrogens is 677 g/mol. The summed E-state index contributed by atoms with van der Waals surface area (Å²) in [6.45, 7) is 7.11. The van der Waals surface area contributed by atoms with Crippen molar-refractivity contribution in [1.82, 2.24) is 9.80 Å². The number of amides is 1. The average molecular weight is 757 g/mol. The summed E-state index contributed by atoms with van der Waals surface area (Å²) in [7, 11) is 0. The number of aliphatic hydroxyl groups excluding tert-OH is 1. The van der Waals surface area contributed by atoms with Crippen molar-refractivity contribution in [3.05, 3.63) is 48.6 Å². The molecule has 2 unspecified atom stereocenters. The molecule has 1 N–H and O–H groups in total. The lowest BCUT2D eigenvalue weighted by molar-refractivity contribution is -0.147. The zero-order chi connectivity index (χ0) is 38.7. The van der Waals surface area contributed by atoms with Crippen LogP contribution in [-0.2, 0) is 23.8 Å². The second kappa shape index (κ2) is 34.0. The maximum Gasteiger partial charge on any atom is 0.305 e. The molecule has 8 nitrogen and oxygen atoms in total. The number of ether oxygens (including phenoxy) is 3. The maximum absolute atomic E-state index is 13.0. The summed E-state index contributed by atoms with van der Waals surface area (Å²) >= 11 is 0. The topological polar surface area (TPSA) is 91.8 Å². The van der Waals surface area contributed by atoms with E-state index in [0.717, 1.165) is 51.4 Å². The van der Waals surface area contributed by atoms with E-state index in [2.05, 4.69) is 62.5 Å². The zero-order valence-corrected chi connectivity index (χ0v) is 34.7. The first-order valence-electron chi connectivity index (χ1n) is 22.2. The highest BCUT2D eigenvalue weighted by atomic mass is 16.8. The van der Waals surface area contributed by atoms with Crippen molar-refractivity contribution in [3.8, 4) is 0 Å². The number of epoxide rings is 1. The first-order chi connectivity index (χ1) is 26.5. The number of hydrogen-bond donors (Lipinski definition) is 1. The Kier molecular flexibility index (Phi) is 30.2. The fraction of sp³-hybridized carbons (Fsp3) is 0.783. The third-order valence-corrected chi connectivity index (χ3v) is 10.2. The van der Waals surface area contributed by atoms with Crippen molar-refractivity contribution in [1.29, 1.82) is 0 Å². The van der Waals surface area contributed by atoms with E-state index in [4.69, 9.17) is 14.2 Å². The van der Waals surface area contributed by atoms with Crippen LogP contribution in [0.4, 0.5) is 0 Å². The van der Waals surface area contributed by atoms with Crippen molar-refractivity contribution < 1.29 is 28.9 Å². The Morgan fingerprint density at radius 2 is 1.17 bits per heavy atom. The Labute approximate surface area is 330 Å². The summed E-state index contributed by atoms with van der Waals surface area (Å²) in [6, 6.07) is 0. The number of nitrogens with zero attached hydrogens (tertiary/aromatic N) is 2. The Morgan fingerprint density at radius 3 is 1.72 bits per heavy atom. The fourth-order valence-corrected chi connectivity index (χ4v) is 6.66. The first kappa shape index (κ1) is 47.9. The molecule has 310 valence electrons. The van der Waals surface area contributed by atoms with Crippen LogP contribution >= 0.6 is 0 Å². The lowest BCUT2D eigenvalue weighted by Crippen LogP contribution is -2.54. The van der Waals surface area contributed by atoms with Crippen molar-refractivity contribution in [2.24, 2.45) is 0 Å². The van der Waals surface area contributed by atoms with Crippen LogP contribution in [0.15, 0.2) is 48.6 Å². The van der Waals surface area contributed by atoms with Crippen LogP contribution in [0.1, 0.15) is 168 Å². The molecule has 2 atom stereocenters. The number of aliphatic hydroxyl groups is 1. The highest BCUT2D eigenvalue weighted by Gasteiger charge is 2.39. The molecule has 8 heteroatoms. The third-order valence-electron chi connectivity index (χ3n) is 10.2. The molecule has 0 saturated carbocycles. The lowest BCUT2D eigenvalue weighted by atomic mass is 10.1. The molecule has 2 rings (SSSR count). The minimum absolute atomic E-state index is 0.0336. The molecule has 0 aromatic carbocycles. The molecule has 0 spiro atoms. The van der Waals surface area contributed by atoms with Crippen LogP contribution in [0.3, 0.4) is 0 Å². The van der Waals surface area contributed by atoms with E-state index in [0.29, 0.717) is 39.2 Å². The van der Waals surface area contributed by atoms with E-state index in [1.165, 1.54) is 96.3 Å². The molecule has 0 aliphatic carbocycles. The number of esters is 1. The molecule has 0 aromatic heterocycles. The predicted octanol–water partition coefficient (Wildman–Crippen LogP) is 10.4. The molecule has 2 fully saturated rings.